The Bertz CT molecular complexity index is 900. The first kappa shape index (κ1) is 17.7. The first-order chi connectivity index (χ1) is 11.8. The zero-order chi connectivity index (χ0) is 18.2. The number of ketones is 1. The van der Waals surface area contributed by atoms with Crippen LogP contribution in [0.2, 0.25) is 0 Å². The highest BCUT2D eigenvalue weighted by molar-refractivity contribution is 7.91. The van der Waals surface area contributed by atoms with Gasteiger partial charge in [0.1, 0.15) is 11.6 Å². The number of rotatable bonds is 5. The molecule has 1 saturated heterocycles. The fourth-order valence-electron chi connectivity index (χ4n) is 3.36. The molecule has 0 bridgehead atoms. The van der Waals surface area contributed by atoms with Crippen molar-refractivity contribution in [3.05, 3.63) is 53.1 Å². The summed E-state index contributed by atoms with van der Waals surface area (Å²) in [5, 5.41) is 0. The minimum absolute atomic E-state index is 0.114. The lowest BCUT2D eigenvalue weighted by Crippen LogP contribution is -2.16. The van der Waals surface area contributed by atoms with Gasteiger partial charge in [0.2, 0.25) is 5.78 Å². The third-order valence-corrected chi connectivity index (χ3v) is 6.29. The number of ether oxygens (including phenoxy) is 1. The predicted molar refractivity (Wildman–Crippen MR) is 92.4 cm³/mol. The van der Waals surface area contributed by atoms with Gasteiger partial charge in [0.25, 0.3) is 0 Å². The number of sulfone groups is 1. The number of benzene rings is 1. The molecule has 1 unspecified atom stereocenters. The molecule has 3 rings (SSSR count). The van der Waals surface area contributed by atoms with Crippen LogP contribution in [0, 0.1) is 19.7 Å². The van der Waals surface area contributed by atoms with Crippen molar-refractivity contribution in [1.29, 1.82) is 0 Å². The van der Waals surface area contributed by atoms with Crippen LogP contribution in [-0.4, -0.2) is 36.9 Å². The normalized spacial score (nSPS) is 19.1. The average molecular weight is 365 g/mol. The zero-order valence-corrected chi connectivity index (χ0v) is 15.0. The van der Waals surface area contributed by atoms with E-state index in [4.69, 9.17) is 4.74 Å². The highest BCUT2D eigenvalue weighted by Gasteiger charge is 2.31. The topological polar surface area (TPSA) is 65.4 Å². The molecule has 7 heteroatoms. The van der Waals surface area contributed by atoms with E-state index >= 15 is 0 Å². The molecular weight excluding hydrogens is 345 g/mol. The lowest BCUT2D eigenvalue weighted by molar-refractivity contribution is 0.0920. The Labute approximate surface area is 146 Å². The summed E-state index contributed by atoms with van der Waals surface area (Å²) in [5.74, 6) is 0.165. The molecule has 5 nitrogen and oxygen atoms in total. The van der Waals surface area contributed by atoms with E-state index in [1.165, 1.54) is 24.3 Å². The highest BCUT2D eigenvalue weighted by atomic mass is 32.2. The van der Waals surface area contributed by atoms with Crippen LogP contribution >= 0.6 is 0 Å². The quantitative estimate of drug-likeness (QED) is 0.764. The second kappa shape index (κ2) is 6.63. The Balaban J connectivity index is 1.75. The maximum Gasteiger partial charge on any atom is 0.202 e. The Morgan fingerprint density at radius 3 is 2.56 bits per heavy atom. The van der Waals surface area contributed by atoms with E-state index in [9.17, 15) is 17.6 Å². The van der Waals surface area contributed by atoms with Crippen LogP contribution < -0.4 is 4.74 Å². The zero-order valence-electron chi connectivity index (χ0n) is 14.2. The molecule has 0 amide bonds. The third-order valence-electron chi connectivity index (χ3n) is 4.54. The van der Waals surface area contributed by atoms with Crippen molar-refractivity contribution in [1.82, 2.24) is 4.57 Å². The second-order valence-electron chi connectivity index (χ2n) is 6.38. The van der Waals surface area contributed by atoms with Crippen molar-refractivity contribution in [2.45, 2.75) is 26.3 Å². The maximum atomic E-state index is 12.9. The Kier molecular flexibility index (Phi) is 4.69. The fourth-order valence-corrected chi connectivity index (χ4v) is 5.06. The van der Waals surface area contributed by atoms with Crippen molar-refractivity contribution >= 4 is 15.6 Å². The Morgan fingerprint density at radius 1 is 1.28 bits per heavy atom. The summed E-state index contributed by atoms with van der Waals surface area (Å²) < 4.78 is 43.7. The van der Waals surface area contributed by atoms with Crippen LogP contribution in [0.3, 0.4) is 0 Å². The van der Waals surface area contributed by atoms with Gasteiger partial charge < -0.3 is 9.30 Å². The molecule has 1 fully saturated rings. The number of hydrogen-bond acceptors (Lipinski definition) is 4. The smallest absolute Gasteiger partial charge is 0.202 e. The first-order valence-electron chi connectivity index (χ1n) is 8.07. The monoisotopic (exact) mass is 365 g/mol. The van der Waals surface area contributed by atoms with Gasteiger partial charge in [-0.1, -0.05) is 0 Å². The molecule has 1 aromatic carbocycles. The Hall–Kier alpha value is -2.15. The summed E-state index contributed by atoms with van der Waals surface area (Å²) in [4.78, 5) is 12.5. The van der Waals surface area contributed by atoms with Gasteiger partial charge in [-0.25, -0.2) is 12.8 Å². The number of carbonyl (C=O) groups excluding carboxylic acids is 1. The molecule has 0 N–H and O–H groups in total. The van der Waals surface area contributed by atoms with Crippen LogP contribution in [0.25, 0.3) is 0 Å². The van der Waals surface area contributed by atoms with E-state index < -0.39 is 9.84 Å². The lowest BCUT2D eigenvalue weighted by atomic mass is 10.1. The average Bonchev–Trinajstić information content (AvgIpc) is 3.05. The van der Waals surface area contributed by atoms with E-state index in [2.05, 4.69) is 0 Å². The van der Waals surface area contributed by atoms with Gasteiger partial charge in [0, 0.05) is 23.0 Å². The number of aryl methyl sites for hydroxylation is 1. The fraction of sp³-hybridized carbons (Fsp3) is 0.389. The molecule has 1 aliphatic rings. The standard InChI is InChI=1S/C18H20FNO4S/c1-12-9-17(13(2)20(12)15-7-8-25(22,23)11-15)18(21)10-24-16-5-3-14(19)4-6-16/h3-6,9,15H,7-8,10-11H2,1-2H3. The first-order valence-corrected chi connectivity index (χ1v) is 9.89. The summed E-state index contributed by atoms with van der Waals surface area (Å²) in [6, 6.07) is 7.13. The summed E-state index contributed by atoms with van der Waals surface area (Å²) in [7, 11) is -3.00. The minimum atomic E-state index is -3.00. The summed E-state index contributed by atoms with van der Waals surface area (Å²) in [6.45, 7) is 3.54. The van der Waals surface area contributed by atoms with E-state index in [1.54, 1.807) is 6.07 Å². The summed E-state index contributed by atoms with van der Waals surface area (Å²) in [6.07, 6.45) is 0.568. The van der Waals surface area contributed by atoms with Crippen molar-refractivity contribution in [3.8, 4) is 5.75 Å². The number of aromatic nitrogens is 1. The molecule has 0 aliphatic carbocycles. The van der Waals surface area contributed by atoms with Crippen LogP contribution in [0.1, 0.15) is 34.2 Å². The van der Waals surface area contributed by atoms with E-state index in [-0.39, 0.29) is 35.8 Å². The summed E-state index contributed by atoms with van der Waals surface area (Å²) in [5.41, 5.74) is 2.15. The molecule has 1 aliphatic heterocycles. The molecule has 1 atom stereocenters. The van der Waals surface area contributed by atoms with Gasteiger partial charge in [0.05, 0.1) is 11.5 Å². The van der Waals surface area contributed by atoms with Gasteiger partial charge >= 0.3 is 0 Å². The molecule has 2 aromatic rings. The highest BCUT2D eigenvalue weighted by Crippen LogP contribution is 2.29. The minimum Gasteiger partial charge on any atom is -0.485 e. The molecule has 0 radical (unpaired) electrons. The molecule has 134 valence electrons. The van der Waals surface area contributed by atoms with E-state index in [0.717, 1.165) is 11.4 Å². The number of carbonyl (C=O) groups is 1. The van der Waals surface area contributed by atoms with Gasteiger partial charge in [-0.15, -0.1) is 0 Å². The van der Waals surface area contributed by atoms with Crippen LogP contribution in [-0.2, 0) is 9.84 Å². The van der Waals surface area contributed by atoms with Gasteiger partial charge in [-0.05, 0) is 50.6 Å². The largest absolute Gasteiger partial charge is 0.485 e. The van der Waals surface area contributed by atoms with Crippen LogP contribution in [0.5, 0.6) is 5.75 Å². The van der Waals surface area contributed by atoms with Gasteiger partial charge in [-0.3, -0.25) is 4.79 Å². The second-order valence-corrected chi connectivity index (χ2v) is 8.61. The molecule has 2 heterocycles. The molecular formula is C18H20FNO4S. The van der Waals surface area contributed by atoms with Crippen LogP contribution in [0.4, 0.5) is 4.39 Å². The Morgan fingerprint density at radius 2 is 1.96 bits per heavy atom. The van der Waals surface area contributed by atoms with Crippen molar-refractivity contribution < 1.29 is 22.3 Å². The van der Waals surface area contributed by atoms with Crippen molar-refractivity contribution in [2.75, 3.05) is 18.1 Å². The number of Topliss-reactive ketones (excluding diaryl/α,β-unsaturated/α-hetero) is 1. The molecule has 0 spiro atoms. The van der Waals surface area contributed by atoms with Crippen molar-refractivity contribution in [2.24, 2.45) is 0 Å². The number of nitrogens with zero attached hydrogens (tertiary/aromatic N) is 1. The molecule has 25 heavy (non-hydrogen) atoms. The van der Waals surface area contributed by atoms with Gasteiger partial charge in [0.15, 0.2) is 16.4 Å². The lowest BCUT2D eigenvalue weighted by Gasteiger charge is -2.16. The summed E-state index contributed by atoms with van der Waals surface area (Å²) >= 11 is 0. The third kappa shape index (κ3) is 3.76. The van der Waals surface area contributed by atoms with Gasteiger partial charge in [-0.2, -0.15) is 0 Å². The van der Waals surface area contributed by atoms with E-state index in [1.807, 2.05) is 18.4 Å². The van der Waals surface area contributed by atoms with Crippen LogP contribution in [0.15, 0.2) is 30.3 Å². The predicted octanol–water partition coefficient (Wildman–Crippen LogP) is 2.87. The number of halogens is 1. The SMILES string of the molecule is Cc1cc(C(=O)COc2ccc(F)cc2)c(C)n1C1CCS(=O)(=O)C1. The van der Waals surface area contributed by atoms with E-state index in [0.29, 0.717) is 17.7 Å². The molecule has 0 saturated carbocycles. The van der Waals surface area contributed by atoms with Crippen molar-refractivity contribution in [3.63, 3.8) is 0 Å². The number of hydrogen-bond donors (Lipinski definition) is 0. The molecule has 1 aromatic heterocycles. The maximum absolute atomic E-state index is 12.9.